The van der Waals surface area contributed by atoms with Crippen molar-refractivity contribution in [3.05, 3.63) is 52.7 Å². The minimum absolute atomic E-state index is 0.277. The van der Waals surface area contributed by atoms with Crippen LogP contribution in [-0.4, -0.2) is 26.4 Å². The van der Waals surface area contributed by atoms with Crippen molar-refractivity contribution < 1.29 is 4.39 Å². The summed E-state index contributed by atoms with van der Waals surface area (Å²) in [5.41, 5.74) is 1.94. The molecular formula is C14H11FN4OS. The number of nitrogens with zero attached hydrogens (tertiary/aromatic N) is 2. The maximum absolute atomic E-state index is 13.0. The molecule has 0 saturated carbocycles. The Morgan fingerprint density at radius 1 is 1.14 bits per heavy atom. The van der Waals surface area contributed by atoms with Crippen LogP contribution < -0.4 is 5.56 Å². The van der Waals surface area contributed by atoms with Crippen molar-refractivity contribution in [2.75, 3.05) is 6.26 Å². The molecule has 5 nitrogen and oxygen atoms in total. The van der Waals surface area contributed by atoms with Gasteiger partial charge in [-0.1, -0.05) is 23.9 Å². The highest BCUT2D eigenvalue weighted by atomic mass is 32.2. The van der Waals surface area contributed by atoms with E-state index >= 15 is 0 Å². The molecule has 2 heterocycles. The van der Waals surface area contributed by atoms with E-state index in [2.05, 4.69) is 20.2 Å². The standard InChI is InChI=1S/C14H11FN4OS/c1-21-14-16-7-6-10(17-14)12-11(13(20)19-18-12)8-2-4-9(15)5-3-8/h2-7H,1H3,(H2,18,19,20). The highest BCUT2D eigenvalue weighted by Gasteiger charge is 2.15. The van der Waals surface area contributed by atoms with E-state index in [1.165, 1.54) is 23.9 Å². The molecule has 106 valence electrons. The lowest BCUT2D eigenvalue weighted by molar-refractivity contribution is 0.628. The van der Waals surface area contributed by atoms with Gasteiger partial charge in [0.1, 0.15) is 5.82 Å². The van der Waals surface area contributed by atoms with Gasteiger partial charge in [-0.25, -0.2) is 14.4 Å². The maximum Gasteiger partial charge on any atom is 0.272 e. The number of rotatable bonds is 3. The lowest BCUT2D eigenvalue weighted by Crippen LogP contribution is -2.02. The molecule has 0 bridgehead atoms. The summed E-state index contributed by atoms with van der Waals surface area (Å²) in [7, 11) is 0. The van der Waals surface area contributed by atoms with Crippen LogP contribution in [0.15, 0.2) is 46.5 Å². The molecular weight excluding hydrogens is 291 g/mol. The number of H-pyrrole nitrogens is 2. The second-order valence-electron chi connectivity index (χ2n) is 4.26. The summed E-state index contributed by atoms with van der Waals surface area (Å²) in [6, 6.07) is 7.48. The minimum Gasteiger partial charge on any atom is -0.295 e. The van der Waals surface area contributed by atoms with Crippen LogP contribution in [0.5, 0.6) is 0 Å². The lowest BCUT2D eigenvalue weighted by atomic mass is 10.0. The van der Waals surface area contributed by atoms with Crippen molar-refractivity contribution in [3.63, 3.8) is 0 Å². The Morgan fingerprint density at radius 2 is 1.90 bits per heavy atom. The van der Waals surface area contributed by atoms with Crippen LogP contribution in [0.1, 0.15) is 0 Å². The fraction of sp³-hybridized carbons (Fsp3) is 0.0714. The molecule has 0 fully saturated rings. The molecule has 0 saturated heterocycles. The summed E-state index contributed by atoms with van der Waals surface area (Å²) < 4.78 is 13.0. The summed E-state index contributed by atoms with van der Waals surface area (Å²) in [6.45, 7) is 0. The molecule has 2 N–H and O–H groups in total. The second-order valence-corrected chi connectivity index (χ2v) is 5.04. The van der Waals surface area contributed by atoms with Crippen LogP contribution >= 0.6 is 11.8 Å². The van der Waals surface area contributed by atoms with Gasteiger partial charge in [-0.2, -0.15) is 0 Å². The average molecular weight is 302 g/mol. The van der Waals surface area contributed by atoms with E-state index in [0.717, 1.165) is 0 Å². The molecule has 0 unspecified atom stereocenters. The summed E-state index contributed by atoms with van der Waals surface area (Å²) in [5.74, 6) is -0.348. The molecule has 0 spiro atoms. The SMILES string of the molecule is CSc1nccc(-c2[nH][nH]c(=O)c2-c2ccc(F)cc2)n1. The average Bonchev–Trinajstić information content (AvgIpc) is 2.90. The van der Waals surface area contributed by atoms with Crippen molar-refractivity contribution >= 4 is 11.8 Å². The van der Waals surface area contributed by atoms with Crippen molar-refractivity contribution in [3.8, 4) is 22.5 Å². The van der Waals surface area contributed by atoms with Crippen LogP contribution in [0.25, 0.3) is 22.5 Å². The van der Waals surface area contributed by atoms with Gasteiger partial charge >= 0.3 is 0 Å². The van der Waals surface area contributed by atoms with Crippen LogP contribution in [0.3, 0.4) is 0 Å². The van der Waals surface area contributed by atoms with Gasteiger partial charge < -0.3 is 0 Å². The van der Waals surface area contributed by atoms with Crippen LogP contribution in [0.2, 0.25) is 0 Å². The predicted octanol–water partition coefficient (Wildman–Crippen LogP) is 2.69. The van der Waals surface area contributed by atoms with Crippen LogP contribution in [0.4, 0.5) is 4.39 Å². The fourth-order valence-corrected chi connectivity index (χ4v) is 2.38. The van der Waals surface area contributed by atoms with Crippen LogP contribution in [-0.2, 0) is 0 Å². The molecule has 21 heavy (non-hydrogen) atoms. The van der Waals surface area contributed by atoms with Crippen molar-refractivity contribution in [1.29, 1.82) is 0 Å². The third kappa shape index (κ3) is 2.59. The summed E-state index contributed by atoms with van der Waals surface area (Å²) >= 11 is 1.41. The van der Waals surface area contributed by atoms with Gasteiger partial charge in [-0.3, -0.25) is 15.0 Å². The predicted molar refractivity (Wildman–Crippen MR) is 79.6 cm³/mol. The first-order valence-corrected chi connectivity index (χ1v) is 7.35. The first-order valence-electron chi connectivity index (χ1n) is 6.13. The summed E-state index contributed by atoms with van der Waals surface area (Å²) in [5, 5.41) is 5.98. The third-order valence-electron chi connectivity index (χ3n) is 2.98. The highest BCUT2D eigenvalue weighted by molar-refractivity contribution is 7.98. The maximum atomic E-state index is 13.0. The Balaban J connectivity index is 2.16. The van der Waals surface area contributed by atoms with Gasteiger partial charge in [0.05, 0.1) is 17.0 Å². The normalized spacial score (nSPS) is 10.8. The van der Waals surface area contributed by atoms with Crippen molar-refractivity contribution in [2.45, 2.75) is 5.16 Å². The highest BCUT2D eigenvalue weighted by Crippen LogP contribution is 2.26. The first kappa shape index (κ1) is 13.6. The molecule has 0 aliphatic heterocycles. The Morgan fingerprint density at radius 3 is 2.62 bits per heavy atom. The van der Waals surface area contributed by atoms with E-state index in [1.807, 2.05) is 6.26 Å². The van der Waals surface area contributed by atoms with Gasteiger partial charge in [0.2, 0.25) is 0 Å². The molecule has 3 rings (SSSR count). The largest absolute Gasteiger partial charge is 0.295 e. The Bertz CT molecular complexity index is 825. The second kappa shape index (κ2) is 5.53. The number of hydrogen-bond acceptors (Lipinski definition) is 4. The monoisotopic (exact) mass is 302 g/mol. The van der Waals surface area contributed by atoms with E-state index in [9.17, 15) is 9.18 Å². The van der Waals surface area contributed by atoms with Gasteiger partial charge in [-0.05, 0) is 30.0 Å². The molecule has 7 heteroatoms. The zero-order chi connectivity index (χ0) is 14.8. The number of benzene rings is 1. The van der Waals surface area contributed by atoms with Gasteiger partial charge in [0.15, 0.2) is 5.16 Å². The number of hydrogen-bond donors (Lipinski definition) is 2. The number of aromatic amines is 2. The molecule has 1 aromatic carbocycles. The molecule has 0 amide bonds. The van der Waals surface area contributed by atoms with Crippen molar-refractivity contribution in [2.24, 2.45) is 0 Å². The van der Waals surface area contributed by atoms with Gasteiger partial charge in [0, 0.05) is 6.20 Å². The van der Waals surface area contributed by atoms with Gasteiger partial charge in [-0.15, -0.1) is 0 Å². The molecule has 3 aromatic rings. The molecule has 0 aliphatic rings. The first-order chi connectivity index (χ1) is 10.2. The van der Waals surface area contributed by atoms with E-state index in [-0.39, 0.29) is 11.4 Å². The van der Waals surface area contributed by atoms with E-state index in [0.29, 0.717) is 27.7 Å². The zero-order valence-corrected chi connectivity index (χ0v) is 11.9. The molecule has 0 radical (unpaired) electrons. The zero-order valence-electron chi connectivity index (χ0n) is 11.1. The van der Waals surface area contributed by atoms with E-state index in [1.54, 1.807) is 24.4 Å². The molecule has 2 aromatic heterocycles. The number of halogens is 1. The summed E-state index contributed by atoms with van der Waals surface area (Å²) in [4.78, 5) is 20.5. The quantitative estimate of drug-likeness (QED) is 0.576. The topological polar surface area (TPSA) is 74.4 Å². The number of aromatic nitrogens is 4. The lowest BCUT2D eigenvalue weighted by Gasteiger charge is -2.03. The Hall–Kier alpha value is -2.41. The van der Waals surface area contributed by atoms with E-state index in [4.69, 9.17) is 0 Å². The van der Waals surface area contributed by atoms with Gasteiger partial charge in [0.25, 0.3) is 5.56 Å². The van der Waals surface area contributed by atoms with E-state index < -0.39 is 0 Å². The van der Waals surface area contributed by atoms with Crippen molar-refractivity contribution in [1.82, 2.24) is 20.2 Å². The smallest absolute Gasteiger partial charge is 0.272 e. The minimum atomic E-state index is -0.348. The summed E-state index contributed by atoms with van der Waals surface area (Å²) in [6.07, 6.45) is 3.51. The van der Waals surface area contributed by atoms with Crippen LogP contribution in [0, 0.1) is 5.82 Å². The number of nitrogens with one attached hydrogen (secondary N) is 2. The number of thioether (sulfide) groups is 1. The third-order valence-corrected chi connectivity index (χ3v) is 3.55. The molecule has 0 atom stereocenters. The molecule has 0 aliphatic carbocycles. The Labute approximate surface area is 123 Å². The fourth-order valence-electron chi connectivity index (χ4n) is 2.02. The Kier molecular flexibility index (Phi) is 3.57.